The second-order valence-corrected chi connectivity index (χ2v) is 11.7. The van der Waals surface area contributed by atoms with Gasteiger partial charge in [0.2, 0.25) is 0 Å². The molecule has 258 valence electrons. The first-order valence-electron chi connectivity index (χ1n) is 31.9. The minimum Gasteiger partial charge on any atom is -0.311 e. The number of anilines is 3. The van der Waals surface area contributed by atoms with Crippen molar-refractivity contribution in [2.24, 2.45) is 0 Å². The van der Waals surface area contributed by atoms with Crippen LogP contribution in [0.25, 0.3) is 76.8 Å². The lowest BCUT2D eigenvalue weighted by Gasteiger charge is -2.26. The van der Waals surface area contributed by atoms with Gasteiger partial charge in [0.25, 0.3) is 0 Å². The normalized spacial score (nSPS) is 19.2. The Kier molecular flexibility index (Phi) is 3.45. The molecule has 0 N–H and O–H groups in total. The Hall–Kier alpha value is -7.22. The first-order valence-corrected chi connectivity index (χ1v) is 16.4. The Labute approximate surface area is 365 Å². The van der Waals surface area contributed by atoms with Crippen LogP contribution >= 0.6 is 0 Å². The predicted molar refractivity (Wildman–Crippen MR) is 235 cm³/mol. The molecular weight excluding hydrogens is 663 g/mol. The van der Waals surface area contributed by atoms with E-state index in [1.165, 1.54) is 0 Å². The largest absolute Gasteiger partial charge is 0.311 e. The van der Waals surface area contributed by atoms with Gasteiger partial charge in [-0.1, -0.05) is 187 Å². The van der Waals surface area contributed by atoms with E-state index in [1.807, 2.05) is 0 Å². The van der Waals surface area contributed by atoms with Crippen molar-refractivity contribution in [1.82, 2.24) is 0 Å². The second kappa shape index (κ2) is 14.0. The Morgan fingerprint density at radius 1 is 0.255 bits per heavy atom. The molecule has 0 spiro atoms. The minimum absolute atomic E-state index is 0.280. The first-order chi connectivity index (χ1) is 40.1. The van der Waals surface area contributed by atoms with Crippen LogP contribution in [0.4, 0.5) is 17.1 Å². The highest BCUT2D eigenvalue weighted by molar-refractivity contribution is 5.99. The Bertz CT molecular complexity index is 4680. The van der Waals surface area contributed by atoms with Gasteiger partial charge >= 0.3 is 0 Å². The van der Waals surface area contributed by atoms with Crippen LogP contribution in [-0.4, -0.2) is 0 Å². The Morgan fingerprint density at radius 2 is 0.600 bits per heavy atom. The molecule has 0 aliphatic rings. The molecular formula is C54H37N. The van der Waals surface area contributed by atoms with E-state index >= 15 is 0 Å². The van der Waals surface area contributed by atoms with Crippen molar-refractivity contribution in [3.63, 3.8) is 0 Å². The van der Waals surface area contributed by atoms with Crippen LogP contribution in [0.3, 0.4) is 0 Å². The standard InChI is InChI=1S/C54H37N/c1-4-16-49-40(10-1)13-7-19-52(49)43-24-22-38(23-25-43)39-26-32-46(33-27-39)55(47-34-28-44(29-35-47)53-20-8-14-41-11-2-5-17-50(41)53)48-36-30-45(31-37-48)54-21-9-15-42-12-3-6-18-51(42)54/h1-37H/i1D,2D,3D,4D,5D,6D,7D,8D,9D,10D,11D,12D,13D,14D,15D,19D,20D,21D,22D,23D,24D,25D,26D,27D,28D,29D,30D,31D,34D,35D,36D. The van der Waals surface area contributed by atoms with Crippen molar-refractivity contribution in [3.05, 3.63) is 224 Å². The van der Waals surface area contributed by atoms with Crippen molar-refractivity contribution in [2.45, 2.75) is 0 Å². The number of hydrogen-bond donors (Lipinski definition) is 0. The maximum atomic E-state index is 9.62. The number of rotatable bonds is 7. The van der Waals surface area contributed by atoms with Crippen molar-refractivity contribution < 1.29 is 42.5 Å². The summed E-state index contributed by atoms with van der Waals surface area (Å²) in [6, 6.07) is -19.2. The minimum atomic E-state index is -1.05. The highest BCUT2D eigenvalue weighted by Gasteiger charge is 2.15. The summed E-state index contributed by atoms with van der Waals surface area (Å²) in [6.45, 7) is 0. The van der Waals surface area contributed by atoms with Gasteiger partial charge in [0, 0.05) is 17.1 Å². The molecule has 0 bridgehead atoms. The van der Waals surface area contributed by atoms with Crippen LogP contribution in [0.5, 0.6) is 0 Å². The smallest absolute Gasteiger partial charge is 0.0645 e. The first kappa shape index (κ1) is 13.6. The molecule has 0 atom stereocenters. The van der Waals surface area contributed by atoms with E-state index in [-0.39, 0.29) is 21.5 Å². The van der Waals surface area contributed by atoms with Crippen LogP contribution in [0, 0.1) is 0 Å². The third-order valence-corrected chi connectivity index (χ3v) is 8.53. The molecule has 55 heavy (non-hydrogen) atoms. The van der Waals surface area contributed by atoms with Gasteiger partial charge in [0.1, 0.15) is 0 Å². The highest BCUT2D eigenvalue weighted by Crippen LogP contribution is 2.39. The molecule has 10 aromatic rings. The maximum absolute atomic E-state index is 9.62. The summed E-state index contributed by atoms with van der Waals surface area (Å²) in [7, 11) is 0. The number of hydrogen-bond acceptors (Lipinski definition) is 1. The van der Waals surface area contributed by atoms with E-state index in [4.69, 9.17) is 24.7 Å². The number of fused-ring (bicyclic) bond motifs is 3. The topological polar surface area (TPSA) is 3.24 Å². The molecule has 0 heterocycles. The van der Waals surface area contributed by atoms with Crippen molar-refractivity contribution >= 4 is 49.4 Å². The molecule has 0 aliphatic carbocycles. The third-order valence-electron chi connectivity index (χ3n) is 8.53. The zero-order chi connectivity index (χ0) is 63.5. The second-order valence-electron chi connectivity index (χ2n) is 11.7. The highest BCUT2D eigenvalue weighted by atomic mass is 15.1. The summed E-state index contributed by atoms with van der Waals surface area (Å²) < 4.78 is 276. The number of nitrogens with zero attached hydrogens (tertiary/aromatic N) is 1. The third kappa shape index (κ3) is 6.12. The van der Waals surface area contributed by atoms with Crippen LogP contribution in [0.2, 0.25) is 0 Å². The fourth-order valence-corrected chi connectivity index (χ4v) is 5.93. The van der Waals surface area contributed by atoms with Crippen LogP contribution in [0.1, 0.15) is 42.5 Å². The molecule has 0 saturated heterocycles. The molecule has 10 aromatic carbocycles. The van der Waals surface area contributed by atoms with Gasteiger partial charge in [0.15, 0.2) is 0 Å². The molecule has 0 radical (unpaired) electrons. The van der Waals surface area contributed by atoms with Crippen molar-refractivity contribution in [3.8, 4) is 44.5 Å². The van der Waals surface area contributed by atoms with E-state index in [2.05, 4.69) is 0 Å². The summed E-state index contributed by atoms with van der Waals surface area (Å²) in [5.41, 5.74) is -6.83. The molecule has 0 aromatic heterocycles. The molecule has 0 amide bonds. The Morgan fingerprint density at radius 3 is 1.09 bits per heavy atom. The fraction of sp³-hybridized carbons (Fsp3) is 0. The fourth-order valence-electron chi connectivity index (χ4n) is 5.93. The van der Waals surface area contributed by atoms with Gasteiger partial charge in [-0.15, -0.1) is 0 Å². The lowest BCUT2D eigenvalue weighted by Crippen LogP contribution is -2.09. The van der Waals surface area contributed by atoms with E-state index in [1.54, 1.807) is 0 Å². The summed E-state index contributed by atoms with van der Waals surface area (Å²) in [6.07, 6.45) is 0. The van der Waals surface area contributed by atoms with Gasteiger partial charge in [-0.3, -0.25) is 0 Å². The lowest BCUT2D eigenvalue weighted by atomic mass is 9.96. The van der Waals surface area contributed by atoms with Gasteiger partial charge in [-0.2, -0.15) is 0 Å². The average molecular weight is 731 g/mol. The van der Waals surface area contributed by atoms with Gasteiger partial charge < -0.3 is 4.90 Å². The summed E-state index contributed by atoms with van der Waals surface area (Å²) in [5, 5.41) is -2.10. The zero-order valence-electron chi connectivity index (χ0n) is 58.9. The summed E-state index contributed by atoms with van der Waals surface area (Å²) in [5.74, 6) is 0. The molecule has 1 nitrogen and oxygen atoms in total. The van der Waals surface area contributed by atoms with Gasteiger partial charge in [0.05, 0.1) is 42.5 Å². The van der Waals surface area contributed by atoms with Crippen molar-refractivity contribution in [1.29, 1.82) is 0 Å². The summed E-state index contributed by atoms with van der Waals surface area (Å²) >= 11 is 0. The van der Waals surface area contributed by atoms with E-state index in [0.717, 1.165) is 41.3 Å². The van der Waals surface area contributed by atoms with E-state index < -0.39 is 260 Å². The molecule has 0 fully saturated rings. The van der Waals surface area contributed by atoms with Gasteiger partial charge in [-0.05, 0) is 113 Å². The monoisotopic (exact) mass is 730 g/mol. The predicted octanol–water partition coefficient (Wildman–Crippen LogP) is 15.3. The maximum Gasteiger partial charge on any atom is 0.0645 e. The Balaban J connectivity index is 1.27. The molecule has 1 heteroatoms. The molecule has 0 unspecified atom stereocenters. The van der Waals surface area contributed by atoms with Gasteiger partial charge in [-0.25, -0.2) is 0 Å². The average Bonchev–Trinajstić information content (AvgIpc) is 0.936. The quantitative estimate of drug-likeness (QED) is 0.158. The molecule has 0 aliphatic heterocycles. The molecule has 10 rings (SSSR count). The lowest BCUT2D eigenvalue weighted by molar-refractivity contribution is 1.28. The molecule has 0 saturated carbocycles. The van der Waals surface area contributed by atoms with E-state index in [0.29, 0.717) is 0 Å². The van der Waals surface area contributed by atoms with Crippen molar-refractivity contribution in [2.75, 3.05) is 4.90 Å². The zero-order valence-corrected chi connectivity index (χ0v) is 27.9. The van der Waals surface area contributed by atoms with Crippen LogP contribution in [-0.2, 0) is 0 Å². The SMILES string of the molecule is [2H]c1cc2c(-c3c([2H])cc(N(c4cc([2H])c(-c5c([2H])c([2H])c(-c6c([2H])c([2H])c([2H])c7c([2H])c([2H])c([2H])cc67)c([2H])c5[2H])c([2H])c4)c4c([2H])c([2H])c(-c5c([2H])c([2H])c([2H])c6c([2H])c([2H])c([2H])cc56)c([2H])c4[2H])c([2H])c3[2H])c([2H])c([2H])c([2H])c2c([2H])c1[2H]. The van der Waals surface area contributed by atoms with Crippen LogP contribution < -0.4 is 4.90 Å². The number of benzene rings is 10. The van der Waals surface area contributed by atoms with E-state index in [9.17, 15) is 17.8 Å². The van der Waals surface area contributed by atoms with Crippen LogP contribution in [0.15, 0.2) is 224 Å². The summed E-state index contributed by atoms with van der Waals surface area (Å²) in [4.78, 5) is 0.737.